The molecular weight excluding hydrogens is 272 g/mol. The second-order valence-electron chi connectivity index (χ2n) is 4.49. The van der Waals surface area contributed by atoms with Crippen molar-refractivity contribution in [2.75, 3.05) is 7.11 Å². The molecule has 0 atom stereocenters. The number of aromatic nitrogens is 1. The first-order valence-corrected chi connectivity index (χ1v) is 6.57. The number of hydrogen-bond donors (Lipinski definition) is 1. The van der Waals surface area contributed by atoms with E-state index in [1.165, 1.54) is 0 Å². The molecule has 0 aliphatic carbocycles. The van der Waals surface area contributed by atoms with Crippen LogP contribution in [-0.2, 0) is 6.54 Å². The van der Waals surface area contributed by atoms with Crippen LogP contribution in [0.15, 0.2) is 41.2 Å². The van der Waals surface area contributed by atoms with Gasteiger partial charge in [0.1, 0.15) is 10.7 Å². The molecule has 0 amide bonds. The lowest BCUT2D eigenvalue weighted by atomic mass is 10.1. The van der Waals surface area contributed by atoms with Crippen LogP contribution in [0, 0.1) is 6.92 Å². The van der Waals surface area contributed by atoms with Crippen molar-refractivity contribution in [3.05, 3.63) is 63.6 Å². The molecule has 0 aliphatic heterocycles. The number of pyridine rings is 1. The van der Waals surface area contributed by atoms with E-state index in [2.05, 4.69) is 0 Å². The van der Waals surface area contributed by atoms with E-state index in [0.717, 1.165) is 11.3 Å². The first-order chi connectivity index (χ1) is 9.52. The fourth-order valence-electron chi connectivity index (χ4n) is 2.05. The van der Waals surface area contributed by atoms with Gasteiger partial charge in [0.2, 0.25) is 0 Å². The molecule has 0 saturated heterocycles. The van der Waals surface area contributed by atoms with Crippen molar-refractivity contribution >= 4 is 17.2 Å². The quantitative estimate of drug-likeness (QED) is 0.872. The maximum absolute atomic E-state index is 11.9. The van der Waals surface area contributed by atoms with Crippen molar-refractivity contribution in [1.82, 2.24) is 4.57 Å². The van der Waals surface area contributed by atoms with Crippen LogP contribution < -0.4 is 16.0 Å². The highest BCUT2D eigenvalue weighted by molar-refractivity contribution is 7.80. The molecule has 0 spiro atoms. The summed E-state index contributed by atoms with van der Waals surface area (Å²) in [6.07, 6.45) is 0. The van der Waals surface area contributed by atoms with E-state index in [1.807, 2.05) is 31.2 Å². The van der Waals surface area contributed by atoms with Gasteiger partial charge in [-0.1, -0.05) is 24.4 Å². The van der Waals surface area contributed by atoms with Gasteiger partial charge in [0.05, 0.1) is 19.2 Å². The molecule has 1 aromatic heterocycles. The van der Waals surface area contributed by atoms with Crippen LogP contribution in [0.4, 0.5) is 0 Å². The molecule has 5 heteroatoms. The molecule has 0 radical (unpaired) electrons. The number of hydrogen-bond acceptors (Lipinski definition) is 3. The molecule has 2 rings (SSSR count). The highest BCUT2D eigenvalue weighted by Crippen LogP contribution is 2.20. The van der Waals surface area contributed by atoms with Gasteiger partial charge in [0.25, 0.3) is 5.56 Å². The Labute approximate surface area is 122 Å². The van der Waals surface area contributed by atoms with Gasteiger partial charge in [0, 0.05) is 11.8 Å². The summed E-state index contributed by atoms with van der Waals surface area (Å²) >= 11 is 5.02. The van der Waals surface area contributed by atoms with Gasteiger partial charge in [0.15, 0.2) is 0 Å². The number of nitrogens with zero attached hydrogens (tertiary/aromatic N) is 1. The van der Waals surface area contributed by atoms with Crippen LogP contribution in [-0.4, -0.2) is 16.7 Å². The number of benzene rings is 1. The second-order valence-corrected chi connectivity index (χ2v) is 4.93. The molecule has 20 heavy (non-hydrogen) atoms. The molecule has 2 aromatic rings. The summed E-state index contributed by atoms with van der Waals surface area (Å²) in [7, 11) is 1.57. The summed E-state index contributed by atoms with van der Waals surface area (Å²) < 4.78 is 6.92. The van der Waals surface area contributed by atoms with Crippen molar-refractivity contribution < 1.29 is 4.74 Å². The van der Waals surface area contributed by atoms with Crippen LogP contribution >= 0.6 is 12.2 Å². The first-order valence-electron chi connectivity index (χ1n) is 6.16. The molecule has 4 nitrogen and oxygen atoms in total. The Morgan fingerprint density at radius 3 is 2.70 bits per heavy atom. The van der Waals surface area contributed by atoms with Gasteiger partial charge in [-0.3, -0.25) is 4.79 Å². The van der Waals surface area contributed by atoms with Crippen molar-refractivity contribution in [2.45, 2.75) is 13.5 Å². The van der Waals surface area contributed by atoms with Crippen LogP contribution in [0.5, 0.6) is 5.75 Å². The van der Waals surface area contributed by atoms with E-state index in [0.29, 0.717) is 17.9 Å². The van der Waals surface area contributed by atoms with Crippen LogP contribution in [0.1, 0.15) is 16.8 Å². The lowest BCUT2D eigenvalue weighted by molar-refractivity contribution is 0.414. The van der Waals surface area contributed by atoms with E-state index in [1.54, 1.807) is 23.8 Å². The third kappa shape index (κ3) is 2.88. The average molecular weight is 288 g/mol. The highest BCUT2D eigenvalue weighted by atomic mass is 32.1. The predicted molar refractivity (Wildman–Crippen MR) is 83.4 cm³/mol. The first kappa shape index (κ1) is 14.3. The maximum atomic E-state index is 11.9. The highest BCUT2D eigenvalue weighted by Gasteiger charge is 2.08. The van der Waals surface area contributed by atoms with Gasteiger partial charge in [-0.15, -0.1) is 0 Å². The number of aryl methyl sites for hydroxylation is 1. The van der Waals surface area contributed by atoms with Crippen molar-refractivity contribution in [1.29, 1.82) is 0 Å². The van der Waals surface area contributed by atoms with Gasteiger partial charge in [-0.25, -0.2) is 0 Å². The zero-order chi connectivity index (χ0) is 14.7. The summed E-state index contributed by atoms with van der Waals surface area (Å²) in [6.45, 7) is 2.38. The number of rotatable bonds is 4. The number of thiocarbonyl (C=S) groups is 1. The number of nitrogens with two attached hydrogens (primary N) is 1. The van der Waals surface area contributed by atoms with E-state index < -0.39 is 0 Å². The molecule has 0 saturated carbocycles. The minimum atomic E-state index is -0.0299. The Hall–Kier alpha value is -2.14. The fraction of sp³-hybridized carbons (Fsp3) is 0.200. The van der Waals surface area contributed by atoms with Gasteiger partial charge in [-0.05, 0) is 30.7 Å². The lowest BCUT2D eigenvalue weighted by Crippen LogP contribution is -2.21. The Morgan fingerprint density at radius 1 is 1.35 bits per heavy atom. The van der Waals surface area contributed by atoms with Crippen LogP contribution in [0.25, 0.3) is 0 Å². The average Bonchev–Trinajstić information content (AvgIpc) is 2.43. The Morgan fingerprint density at radius 2 is 2.10 bits per heavy atom. The second kappa shape index (κ2) is 5.88. The zero-order valence-electron chi connectivity index (χ0n) is 11.4. The predicted octanol–water partition coefficient (Wildman–Crippen LogP) is 1.85. The molecule has 104 valence electrons. The molecular formula is C15H16N2O2S. The molecule has 1 aromatic carbocycles. The molecule has 0 aliphatic rings. The summed E-state index contributed by atoms with van der Waals surface area (Å²) in [5, 5.41) is 0. The van der Waals surface area contributed by atoms with Gasteiger partial charge < -0.3 is 15.0 Å². The van der Waals surface area contributed by atoms with E-state index >= 15 is 0 Å². The largest absolute Gasteiger partial charge is 0.496 e. The summed E-state index contributed by atoms with van der Waals surface area (Å²) in [6, 6.07) is 10.8. The summed E-state index contributed by atoms with van der Waals surface area (Å²) in [5.41, 5.74) is 8.20. The van der Waals surface area contributed by atoms with Crippen molar-refractivity contribution in [3.8, 4) is 5.75 Å². The molecule has 1 heterocycles. The van der Waals surface area contributed by atoms with Crippen molar-refractivity contribution in [2.24, 2.45) is 5.73 Å². The summed E-state index contributed by atoms with van der Waals surface area (Å²) in [5.74, 6) is 0.637. The van der Waals surface area contributed by atoms with Gasteiger partial charge >= 0.3 is 0 Å². The maximum Gasteiger partial charge on any atom is 0.251 e. The van der Waals surface area contributed by atoms with E-state index in [4.69, 9.17) is 22.7 Å². The third-order valence-corrected chi connectivity index (χ3v) is 3.36. The van der Waals surface area contributed by atoms with Crippen LogP contribution in [0.3, 0.4) is 0 Å². The SMILES string of the molecule is COc1ccc(Cn2c(C)cccc2=O)cc1C(N)=S. The zero-order valence-corrected chi connectivity index (χ0v) is 12.2. The van der Waals surface area contributed by atoms with Crippen LogP contribution in [0.2, 0.25) is 0 Å². The minimum Gasteiger partial charge on any atom is -0.496 e. The molecule has 0 unspecified atom stereocenters. The van der Waals surface area contributed by atoms with E-state index in [9.17, 15) is 4.79 Å². The van der Waals surface area contributed by atoms with Crippen molar-refractivity contribution in [3.63, 3.8) is 0 Å². The monoisotopic (exact) mass is 288 g/mol. The number of ether oxygens (including phenoxy) is 1. The Bertz CT molecular complexity index is 707. The van der Waals surface area contributed by atoms with Gasteiger partial charge in [-0.2, -0.15) is 0 Å². The lowest BCUT2D eigenvalue weighted by Gasteiger charge is -2.12. The molecule has 0 bridgehead atoms. The standard InChI is InChI=1S/C15H16N2O2S/c1-10-4-3-5-14(18)17(10)9-11-6-7-13(19-2)12(8-11)15(16)20/h3-8H,9H2,1-2H3,(H2,16,20). The Balaban J connectivity index is 2.42. The molecule has 0 fully saturated rings. The third-order valence-electron chi connectivity index (χ3n) is 3.14. The van der Waals surface area contributed by atoms with E-state index in [-0.39, 0.29) is 10.5 Å². The minimum absolute atomic E-state index is 0.0299. The molecule has 2 N–H and O–H groups in total. The topological polar surface area (TPSA) is 57.2 Å². The smallest absolute Gasteiger partial charge is 0.251 e. The number of methoxy groups -OCH3 is 1. The summed E-state index contributed by atoms with van der Waals surface area (Å²) in [4.78, 5) is 12.2. The fourth-order valence-corrected chi connectivity index (χ4v) is 2.21. The normalized spacial score (nSPS) is 10.3. The Kier molecular flexibility index (Phi) is 4.20.